The highest BCUT2D eigenvalue weighted by molar-refractivity contribution is 5.33. The van der Waals surface area contributed by atoms with Gasteiger partial charge in [-0.25, -0.2) is 0 Å². The molecule has 1 atom stereocenters. The molecule has 1 aromatic carbocycles. The molecule has 0 radical (unpaired) electrons. The molecule has 3 heteroatoms. The van der Waals surface area contributed by atoms with Crippen LogP contribution in [0.25, 0.3) is 0 Å². The van der Waals surface area contributed by atoms with E-state index in [0.29, 0.717) is 0 Å². The molecule has 16 heavy (non-hydrogen) atoms. The van der Waals surface area contributed by atoms with Crippen LogP contribution in [-0.2, 0) is 11.2 Å². The lowest BCUT2D eigenvalue weighted by molar-refractivity contribution is 0.117. The van der Waals surface area contributed by atoms with Crippen LogP contribution < -0.4 is 10.1 Å². The third-order valence-electron chi connectivity index (χ3n) is 2.60. The van der Waals surface area contributed by atoms with Gasteiger partial charge in [0.25, 0.3) is 0 Å². The van der Waals surface area contributed by atoms with Gasteiger partial charge in [-0.2, -0.15) is 0 Å². The van der Waals surface area contributed by atoms with Crippen molar-refractivity contribution >= 4 is 0 Å². The monoisotopic (exact) mass is 223 g/mol. The summed E-state index contributed by atoms with van der Waals surface area (Å²) in [5.74, 6) is 0.962. The molecule has 0 aromatic heterocycles. The Morgan fingerprint density at radius 1 is 1.25 bits per heavy atom. The minimum Gasteiger partial charge on any atom is -0.496 e. The van der Waals surface area contributed by atoms with Gasteiger partial charge in [-0.3, -0.25) is 0 Å². The fraction of sp³-hybridized carbons (Fsp3) is 0.538. The van der Waals surface area contributed by atoms with Gasteiger partial charge in [0.05, 0.1) is 13.2 Å². The summed E-state index contributed by atoms with van der Waals surface area (Å²) in [5, 5.41) is 3.36. The van der Waals surface area contributed by atoms with Gasteiger partial charge in [0.1, 0.15) is 5.75 Å². The molecular formula is C13H21NO2. The van der Waals surface area contributed by atoms with Crippen molar-refractivity contribution in [3.63, 3.8) is 0 Å². The number of hydrogen-bond donors (Lipinski definition) is 1. The van der Waals surface area contributed by atoms with E-state index in [9.17, 15) is 0 Å². The van der Waals surface area contributed by atoms with Crippen LogP contribution in [0.1, 0.15) is 12.5 Å². The molecule has 0 aliphatic carbocycles. The van der Waals surface area contributed by atoms with Crippen molar-refractivity contribution < 1.29 is 9.47 Å². The Hall–Kier alpha value is -1.06. The van der Waals surface area contributed by atoms with E-state index in [4.69, 9.17) is 9.47 Å². The zero-order valence-electron chi connectivity index (χ0n) is 10.3. The number of benzene rings is 1. The van der Waals surface area contributed by atoms with Gasteiger partial charge >= 0.3 is 0 Å². The number of para-hydroxylation sites is 1. The van der Waals surface area contributed by atoms with E-state index in [1.165, 1.54) is 5.56 Å². The van der Waals surface area contributed by atoms with Gasteiger partial charge in [0, 0.05) is 13.7 Å². The molecular weight excluding hydrogens is 202 g/mol. The first kappa shape index (κ1) is 13.0. The van der Waals surface area contributed by atoms with Gasteiger partial charge < -0.3 is 14.8 Å². The molecule has 3 nitrogen and oxygen atoms in total. The topological polar surface area (TPSA) is 30.5 Å². The van der Waals surface area contributed by atoms with Gasteiger partial charge in [-0.1, -0.05) is 18.2 Å². The minimum atomic E-state index is 0.262. The molecule has 90 valence electrons. The lowest BCUT2D eigenvalue weighted by Gasteiger charge is -2.11. The van der Waals surface area contributed by atoms with Crippen LogP contribution in [0.2, 0.25) is 0 Å². The highest BCUT2D eigenvalue weighted by Crippen LogP contribution is 2.17. The fourth-order valence-electron chi connectivity index (χ4n) is 1.52. The maximum Gasteiger partial charge on any atom is 0.122 e. The predicted molar refractivity (Wildman–Crippen MR) is 66.0 cm³/mol. The summed E-state index contributed by atoms with van der Waals surface area (Å²) in [6, 6.07) is 8.12. The van der Waals surface area contributed by atoms with Crippen LogP contribution in [0.5, 0.6) is 5.75 Å². The van der Waals surface area contributed by atoms with Crippen LogP contribution in [0.3, 0.4) is 0 Å². The first-order valence-electron chi connectivity index (χ1n) is 5.63. The molecule has 0 aliphatic rings. The average molecular weight is 223 g/mol. The molecule has 0 aliphatic heterocycles. The number of rotatable bonds is 7. The van der Waals surface area contributed by atoms with Crippen LogP contribution in [0.4, 0.5) is 0 Å². The first-order valence-corrected chi connectivity index (χ1v) is 5.63. The molecule has 0 spiro atoms. The molecule has 0 heterocycles. The van der Waals surface area contributed by atoms with Crippen molar-refractivity contribution in [1.82, 2.24) is 5.32 Å². The van der Waals surface area contributed by atoms with E-state index >= 15 is 0 Å². The van der Waals surface area contributed by atoms with E-state index in [1.807, 2.05) is 18.2 Å². The third kappa shape index (κ3) is 4.21. The summed E-state index contributed by atoms with van der Waals surface area (Å²) in [5.41, 5.74) is 1.24. The maximum absolute atomic E-state index is 5.29. The Morgan fingerprint density at radius 2 is 2.00 bits per heavy atom. The highest BCUT2D eigenvalue weighted by atomic mass is 16.5. The van der Waals surface area contributed by atoms with E-state index < -0.39 is 0 Å². The zero-order chi connectivity index (χ0) is 11.8. The van der Waals surface area contributed by atoms with Crippen molar-refractivity contribution in [2.45, 2.75) is 19.4 Å². The Bertz CT molecular complexity index is 302. The van der Waals surface area contributed by atoms with Gasteiger partial charge in [-0.05, 0) is 31.5 Å². The molecule has 0 fully saturated rings. The second kappa shape index (κ2) is 7.25. The van der Waals surface area contributed by atoms with Gasteiger partial charge in [0.15, 0.2) is 0 Å². The Kier molecular flexibility index (Phi) is 5.90. The quantitative estimate of drug-likeness (QED) is 0.716. The van der Waals surface area contributed by atoms with Crippen molar-refractivity contribution in [2.24, 2.45) is 0 Å². The summed E-state index contributed by atoms with van der Waals surface area (Å²) < 4.78 is 10.5. The SMILES string of the molecule is COc1ccccc1CCNCC(C)OC. The Balaban J connectivity index is 2.31. The minimum absolute atomic E-state index is 0.262. The molecule has 0 bridgehead atoms. The molecule has 0 saturated carbocycles. The second-order valence-electron chi connectivity index (χ2n) is 3.81. The zero-order valence-corrected chi connectivity index (χ0v) is 10.3. The lowest BCUT2D eigenvalue weighted by Crippen LogP contribution is -2.27. The summed E-state index contributed by atoms with van der Waals surface area (Å²) in [6.45, 7) is 3.87. The maximum atomic E-state index is 5.29. The van der Waals surface area contributed by atoms with Crippen molar-refractivity contribution in [3.8, 4) is 5.75 Å². The van der Waals surface area contributed by atoms with Gasteiger partial charge in [0.2, 0.25) is 0 Å². The first-order chi connectivity index (χ1) is 7.77. The Morgan fingerprint density at radius 3 is 2.69 bits per heavy atom. The molecule has 1 aromatic rings. The summed E-state index contributed by atoms with van der Waals surface area (Å²) in [7, 11) is 3.44. The largest absolute Gasteiger partial charge is 0.496 e. The van der Waals surface area contributed by atoms with Crippen LogP contribution in [-0.4, -0.2) is 33.4 Å². The van der Waals surface area contributed by atoms with E-state index in [-0.39, 0.29) is 6.10 Å². The second-order valence-corrected chi connectivity index (χ2v) is 3.81. The van der Waals surface area contributed by atoms with E-state index in [0.717, 1.165) is 25.3 Å². The summed E-state index contributed by atoms with van der Waals surface area (Å²) in [4.78, 5) is 0. The third-order valence-corrected chi connectivity index (χ3v) is 2.60. The molecule has 0 amide bonds. The summed E-state index contributed by atoms with van der Waals surface area (Å²) >= 11 is 0. The van der Waals surface area contributed by atoms with Crippen molar-refractivity contribution in [3.05, 3.63) is 29.8 Å². The number of methoxy groups -OCH3 is 2. The van der Waals surface area contributed by atoms with Crippen LogP contribution >= 0.6 is 0 Å². The fourth-order valence-corrected chi connectivity index (χ4v) is 1.52. The summed E-state index contributed by atoms with van der Waals surface area (Å²) in [6.07, 6.45) is 1.23. The molecule has 1 rings (SSSR count). The van der Waals surface area contributed by atoms with Gasteiger partial charge in [-0.15, -0.1) is 0 Å². The molecule has 0 saturated heterocycles. The number of ether oxygens (including phenoxy) is 2. The Labute approximate surface area is 97.8 Å². The van der Waals surface area contributed by atoms with Crippen LogP contribution in [0, 0.1) is 0 Å². The highest BCUT2D eigenvalue weighted by Gasteiger charge is 2.02. The molecule has 1 N–H and O–H groups in total. The van der Waals surface area contributed by atoms with E-state index in [2.05, 4.69) is 18.3 Å². The number of nitrogens with one attached hydrogen (secondary N) is 1. The van der Waals surface area contributed by atoms with Crippen molar-refractivity contribution in [1.29, 1.82) is 0 Å². The normalized spacial score (nSPS) is 12.4. The average Bonchev–Trinajstić information content (AvgIpc) is 2.34. The predicted octanol–water partition coefficient (Wildman–Crippen LogP) is 1.86. The standard InChI is InChI=1S/C13H21NO2/c1-11(15-2)10-14-9-8-12-6-4-5-7-13(12)16-3/h4-7,11,14H,8-10H2,1-3H3. The smallest absolute Gasteiger partial charge is 0.122 e. The van der Waals surface area contributed by atoms with Crippen molar-refractivity contribution in [2.75, 3.05) is 27.3 Å². The molecule has 1 unspecified atom stereocenters. The number of hydrogen-bond acceptors (Lipinski definition) is 3. The van der Waals surface area contributed by atoms with E-state index in [1.54, 1.807) is 14.2 Å². The lowest BCUT2D eigenvalue weighted by atomic mass is 10.1. The van der Waals surface area contributed by atoms with Crippen LogP contribution in [0.15, 0.2) is 24.3 Å².